The van der Waals surface area contributed by atoms with E-state index < -0.39 is 6.10 Å². The molecule has 1 atom stereocenters. The SMILES string of the molecule is Cn1nc(CNC(=O)[C@@H]2COc3ccccc3O2)cc1-c1ccco1. The molecule has 3 heterocycles. The van der Waals surface area contributed by atoms with E-state index in [-0.39, 0.29) is 12.5 Å². The predicted molar refractivity (Wildman–Crippen MR) is 89.1 cm³/mol. The van der Waals surface area contributed by atoms with E-state index in [2.05, 4.69) is 10.4 Å². The maximum absolute atomic E-state index is 12.3. The van der Waals surface area contributed by atoms with E-state index >= 15 is 0 Å². The minimum absolute atomic E-state index is 0.183. The zero-order valence-electron chi connectivity index (χ0n) is 13.6. The quantitative estimate of drug-likeness (QED) is 0.788. The number of nitrogens with zero attached hydrogens (tertiary/aromatic N) is 2. The fourth-order valence-electron chi connectivity index (χ4n) is 2.71. The van der Waals surface area contributed by atoms with Crippen LogP contribution < -0.4 is 14.8 Å². The summed E-state index contributed by atoms with van der Waals surface area (Å²) in [5.41, 5.74) is 1.58. The molecule has 2 aromatic heterocycles. The van der Waals surface area contributed by atoms with Gasteiger partial charge in [0.1, 0.15) is 12.3 Å². The molecule has 1 aliphatic rings. The number of para-hydroxylation sites is 2. The van der Waals surface area contributed by atoms with Crippen LogP contribution in [-0.4, -0.2) is 28.4 Å². The third-order valence-corrected chi connectivity index (χ3v) is 3.95. The zero-order valence-corrected chi connectivity index (χ0v) is 13.6. The van der Waals surface area contributed by atoms with E-state index in [1.165, 1.54) is 0 Å². The first-order chi connectivity index (χ1) is 12.2. The van der Waals surface area contributed by atoms with Crippen molar-refractivity contribution in [2.75, 3.05) is 6.61 Å². The number of ether oxygens (including phenoxy) is 2. The van der Waals surface area contributed by atoms with Crippen LogP contribution in [0.4, 0.5) is 0 Å². The average molecular weight is 339 g/mol. The zero-order chi connectivity index (χ0) is 17.2. The molecule has 25 heavy (non-hydrogen) atoms. The van der Waals surface area contributed by atoms with Gasteiger partial charge in [0.2, 0.25) is 6.10 Å². The van der Waals surface area contributed by atoms with E-state index in [0.717, 1.165) is 17.1 Å². The van der Waals surface area contributed by atoms with Gasteiger partial charge in [-0.25, -0.2) is 0 Å². The Morgan fingerprint density at radius 1 is 1.28 bits per heavy atom. The van der Waals surface area contributed by atoms with Crippen molar-refractivity contribution in [1.29, 1.82) is 0 Å². The highest BCUT2D eigenvalue weighted by Gasteiger charge is 2.27. The van der Waals surface area contributed by atoms with Crippen LogP contribution in [0.25, 0.3) is 11.5 Å². The van der Waals surface area contributed by atoms with Gasteiger partial charge < -0.3 is 19.2 Å². The summed E-state index contributed by atoms with van der Waals surface area (Å²) in [6.07, 6.45) is 0.935. The highest BCUT2D eigenvalue weighted by atomic mass is 16.6. The molecular weight excluding hydrogens is 322 g/mol. The lowest BCUT2D eigenvalue weighted by Crippen LogP contribution is -2.43. The number of benzene rings is 1. The molecule has 1 aromatic carbocycles. The molecule has 128 valence electrons. The lowest BCUT2D eigenvalue weighted by atomic mass is 10.2. The van der Waals surface area contributed by atoms with Crippen LogP contribution in [0.5, 0.6) is 11.5 Å². The molecular formula is C18H17N3O4. The second-order valence-electron chi connectivity index (χ2n) is 5.70. The van der Waals surface area contributed by atoms with Crippen molar-refractivity contribution in [3.05, 3.63) is 54.4 Å². The Balaban J connectivity index is 1.39. The maximum atomic E-state index is 12.3. The van der Waals surface area contributed by atoms with Crippen LogP contribution in [-0.2, 0) is 18.4 Å². The maximum Gasteiger partial charge on any atom is 0.265 e. The van der Waals surface area contributed by atoms with Gasteiger partial charge >= 0.3 is 0 Å². The van der Waals surface area contributed by atoms with Gasteiger partial charge in [-0.2, -0.15) is 5.10 Å². The summed E-state index contributed by atoms with van der Waals surface area (Å²) in [6, 6.07) is 12.9. The van der Waals surface area contributed by atoms with Gasteiger partial charge in [0.25, 0.3) is 5.91 Å². The first kappa shape index (κ1) is 15.3. The Bertz CT molecular complexity index is 886. The van der Waals surface area contributed by atoms with Gasteiger partial charge in [0, 0.05) is 7.05 Å². The number of carbonyl (C=O) groups is 1. The number of furan rings is 1. The molecule has 0 aliphatic carbocycles. The predicted octanol–water partition coefficient (Wildman–Crippen LogP) is 2.14. The van der Waals surface area contributed by atoms with Crippen molar-refractivity contribution in [2.45, 2.75) is 12.6 Å². The lowest BCUT2D eigenvalue weighted by molar-refractivity contribution is -0.130. The van der Waals surface area contributed by atoms with Crippen molar-refractivity contribution in [3.63, 3.8) is 0 Å². The lowest BCUT2D eigenvalue weighted by Gasteiger charge is -2.25. The number of hydrogen-bond acceptors (Lipinski definition) is 5. The normalized spacial score (nSPS) is 15.8. The molecule has 7 heteroatoms. The van der Waals surface area contributed by atoms with Gasteiger partial charge in [0.15, 0.2) is 17.3 Å². The fraction of sp³-hybridized carbons (Fsp3) is 0.222. The van der Waals surface area contributed by atoms with Gasteiger partial charge in [-0.3, -0.25) is 9.48 Å². The molecule has 1 N–H and O–H groups in total. The van der Waals surface area contributed by atoms with Crippen LogP contribution in [0, 0.1) is 0 Å². The molecule has 0 fully saturated rings. The minimum atomic E-state index is -0.678. The number of amides is 1. The van der Waals surface area contributed by atoms with Gasteiger partial charge in [0.05, 0.1) is 18.5 Å². The highest BCUT2D eigenvalue weighted by molar-refractivity contribution is 5.81. The summed E-state index contributed by atoms with van der Waals surface area (Å²) < 4.78 is 18.4. The number of rotatable bonds is 4. The Morgan fingerprint density at radius 3 is 2.92 bits per heavy atom. The van der Waals surface area contributed by atoms with Gasteiger partial charge in [-0.05, 0) is 30.3 Å². The largest absolute Gasteiger partial charge is 0.485 e. The van der Waals surface area contributed by atoms with Crippen LogP contribution in [0.1, 0.15) is 5.69 Å². The highest BCUT2D eigenvalue weighted by Crippen LogP contribution is 2.30. The summed E-state index contributed by atoms with van der Waals surface area (Å²) in [4.78, 5) is 12.3. The molecule has 0 saturated carbocycles. The number of aryl methyl sites for hydroxylation is 1. The van der Waals surface area contributed by atoms with Crippen LogP contribution in [0.15, 0.2) is 53.1 Å². The average Bonchev–Trinajstić information content (AvgIpc) is 3.28. The van der Waals surface area contributed by atoms with Crippen LogP contribution >= 0.6 is 0 Å². The third kappa shape index (κ3) is 3.08. The van der Waals surface area contributed by atoms with E-state index in [4.69, 9.17) is 13.9 Å². The molecule has 0 radical (unpaired) electrons. The van der Waals surface area contributed by atoms with E-state index in [1.54, 1.807) is 17.0 Å². The molecule has 0 spiro atoms. The van der Waals surface area contributed by atoms with Crippen molar-refractivity contribution in [3.8, 4) is 23.0 Å². The molecule has 7 nitrogen and oxygen atoms in total. The molecule has 4 rings (SSSR count). The second-order valence-corrected chi connectivity index (χ2v) is 5.70. The molecule has 3 aromatic rings. The summed E-state index contributed by atoms with van der Waals surface area (Å²) in [6.45, 7) is 0.484. The Hall–Kier alpha value is -3.22. The Kier molecular flexibility index (Phi) is 3.89. The van der Waals surface area contributed by atoms with Gasteiger partial charge in [-0.1, -0.05) is 12.1 Å². The van der Waals surface area contributed by atoms with Gasteiger partial charge in [-0.15, -0.1) is 0 Å². The molecule has 0 unspecified atom stereocenters. The van der Waals surface area contributed by atoms with Crippen molar-refractivity contribution < 1.29 is 18.7 Å². The summed E-state index contributed by atoms with van der Waals surface area (Å²) in [5, 5.41) is 7.22. The fourth-order valence-corrected chi connectivity index (χ4v) is 2.71. The van der Waals surface area contributed by atoms with E-state index in [9.17, 15) is 4.79 Å². The first-order valence-electron chi connectivity index (χ1n) is 7.94. The first-order valence-corrected chi connectivity index (χ1v) is 7.94. The number of hydrogen-bond donors (Lipinski definition) is 1. The standard InChI is InChI=1S/C18H17N3O4/c1-21-13(14-7-4-8-23-14)9-12(20-21)10-19-18(22)17-11-24-15-5-2-3-6-16(15)25-17/h2-9,17H,10-11H2,1H3,(H,19,22)/t17-/m0/s1. The van der Waals surface area contributed by atoms with Crippen LogP contribution in [0.3, 0.4) is 0 Å². The minimum Gasteiger partial charge on any atom is -0.485 e. The molecule has 1 aliphatic heterocycles. The summed E-state index contributed by atoms with van der Waals surface area (Å²) >= 11 is 0. The molecule has 0 saturated heterocycles. The Labute approximate surface area is 144 Å². The number of aromatic nitrogens is 2. The summed E-state index contributed by atoms with van der Waals surface area (Å²) in [7, 11) is 1.83. The number of nitrogens with one attached hydrogen (secondary N) is 1. The third-order valence-electron chi connectivity index (χ3n) is 3.95. The summed E-state index contributed by atoms with van der Waals surface area (Å²) in [5.74, 6) is 1.72. The van der Waals surface area contributed by atoms with E-state index in [1.807, 2.05) is 43.4 Å². The molecule has 0 bridgehead atoms. The number of fused-ring (bicyclic) bond motifs is 1. The second kappa shape index (κ2) is 6.35. The topological polar surface area (TPSA) is 78.5 Å². The van der Waals surface area contributed by atoms with Crippen molar-refractivity contribution in [2.24, 2.45) is 7.05 Å². The molecule has 1 amide bonds. The van der Waals surface area contributed by atoms with Crippen molar-refractivity contribution in [1.82, 2.24) is 15.1 Å². The Morgan fingerprint density at radius 2 is 2.12 bits per heavy atom. The monoisotopic (exact) mass is 339 g/mol. The smallest absolute Gasteiger partial charge is 0.265 e. The van der Waals surface area contributed by atoms with E-state index in [0.29, 0.717) is 18.0 Å². The van der Waals surface area contributed by atoms with Crippen molar-refractivity contribution >= 4 is 5.91 Å². The van der Waals surface area contributed by atoms with Crippen LogP contribution in [0.2, 0.25) is 0 Å². The number of carbonyl (C=O) groups excluding carboxylic acids is 1.